The highest BCUT2D eigenvalue weighted by Gasteiger charge is 2.11. The van der Waals surface area contributed by atoms with Crippen molar-refractivity contribution in [2.75, 3.05) is 5.73 Å². The molecular formula is C7H9N5O2. The van der Waals surface area contributed by atoms with Gasteiger partial charge >= 0.3 is 5.69 Å². The van der Waals surface area contributed by atoms with Crippen molar-refractivity contribution in [3.8, 4) is 0 Å². The van der Waals surface area contributed by atoms with Gasteiger partial charge in [0, 0.05) is 14.1 Å². The van der Waals surface area contributed by atoms with Gasteiger partial charge in [-0.1, -0.05) is 0 Å². The maximum atomic E-state index is 11.5. The monoisotopic (exact) mass is 195 g/mol. The van der Waals surface area contributed by atoms with Gasteiger partial charge in [-0.3, -0.25) is 18.9 Å². The van der Waals surface area contributed by atoms with Crippen LogP contribution in [0.4, 0.5) is 5.95 Å². The van der Waals surface area contributed by atoms with E-state index in [9.17, 15) is 9.59 Å². The molecule has 0 aliphatic carbocycles. The third-order valence-electron chi connectivity index (χ3n) is 2.17. The third-order valence-corrected chi connectivity index (χ3v) is 2.17. The summed E-state index contributed by atoms with van der Waals surface area (Å²) >= 11 is 0. The highest BCUT2D eigenvalue weighted by Crippen LogP contribution is 2.07. The first-order valence-corrected chi connectivity index (χ1v) is 3.93. The summed E-state index contributed by atoms with van der Waals surface area (Å²) < 4.78 is 2.41. The van der Waals surface area contributed by atoms with Crippen LogP contribution in [0.5, 0.6) is 0 Å². The minimum absolute atomic E-state index is 0.173. The molecule has 0 saturated heterocycles. The number of nitrogens with one attached hydrogen (secondary N) is 1. The number of rotatable bonds is 0. The first-order valence-electron chi connectivity index (χ1n) is 3.93. The number of nitrogens with two attached hydrogens (primary N) is 1. The Labute approximate surface area is 77.8 Å². The standard InChI is InChI=1S/C7H9N5O2/c1-11-4-3(9-6(11)8)5(13)12(2)7(14)10-4/h1-2H3,(H2,8,9)(H,10,14). The topological polar surface area (TPSA) is 98.7 Å². The number of H-pyrrole nitrogens is 1. The van der Waals surface area contributed by atoms with E-state index < -0.39 is 11.2 Å². The number of nitrogens with zero attached hydrogens (tertiary/aromatic N) is 3. The molecule has 2 aromatic heterocycles. The summed E-state index contributed by atoms with van der Waals surface area (Å²) in [7, 11) is 3.01. The molecule has 2 aromatic rings. The molecule has 0 amide bonds. The lowest BCUT2D eigenvalue weighted by atomic mass is 10.5. The van der Waals surface area contributed by atoms with Gasteiger partial charge in [0.2, 0.25) is 5.95 Å². The van der Waals surface area contributed by atoms with Crippen molar-refractivity contribution in [2.24, 2.45) is 14.1 Å². The normalized spacial score (nSPS) is 11.0. The Kier molecular flexibility index (Phi) is 1.51. The molecule has 74 valence electrons. The maximum absolute atomic E-state index is 11.5. The number of hydrogen-bond donors (Lipinski definition) is 2. The van der Waals surface area contributed by atoms with Crippen LogP contribution >= 0.6 is 0 Å². The van der Waals surface area contributed by atoms with Gasteiger partial charge in [0.05, 0.1) is 0 Å². The van der Waals surface area contributed by atoms with Crippen LogP contribution in [0.2, 0.25) is 0 Å². The summed E-state index contributed by atoms with van der Waals surface area (Å²) in [5, 5.41) is 0. The molecular weight excluding hydrogens is 186 g/mol. The van der Waals surface area contributed by atoms with E-state index in [0.717, 1.165) is 4.57 Å². The second-order valence-electron chi connectivity index (χ2n) is 3.02. The quantitative estimate of drug-likeness (QED) is 0.536. The molecule has 0 fully saturated rings. The second kappa shape index (κ2) is 2.47. The summed E-state index contributed by atoms with van der Waals surface area (Å²) in [4.78, 5) is 29.1. The zero-order valence-corrected chi connectivity index (χ0v) is 7.74. The number of anilines is 1. The van der Waals surface area contributed by atoms with Gasteiger partial charge in [0.15, 0.2) is 5.52 Å². The number of imidazole rings is 1. The minimum atomic E-state index is -0.481. The van der Waals surface area contributed by atoms with E-state index in [-0.39, 0.29) is 11.5 Å². The number of hydrogen-bond acceptors (Lipinski definition) is 4. The Balaban J connectivity index is 3.14. The molecule has 0 aliphatic heterocycles. The first kappa shape index (κ1) is 8.54. The molecule has 0 bridgehead atoms. The van der Waals surface area contributed by atoms with Gasteiger partial charge in [0.25, 0.3) is 5.56 Å². The van der Waals surface area contributed by atoms with Crippen molar-refractivity contribution in [1.29, 1.82) is 0 Å². The fraction of sp³-hybridized carbons (Fsp3) is 0.286. The molecule has 2 rings (SSSR count). The fourth-order valence-corrected chi connectivity index (χ4v) is 1.24. The molecule has 7 nitrogen and oxygen atoms in total. The smallest absolute Gasteiger partial charge is 0.329 e. The van der Waals surface area contributed by atoms with Crippen LogP contribution in [0, 0.1) is 0 Å². The molecule has 2 heterocycles. The molecule has 0 aromatic carbocycles. The lowest BCUT2D eigenvalue weighted by Gasteiger charge is -1.97. The van der Waals surface area contributed by atoms with Gasteiger partial charge in [-0.25, -0.2) is 9.78 Å². The van der Waals surface area contributed by atoms with E-state index in [1.807, 2.05) is 0 Å². The number of fused-ring (bicyclic) bond motifs is 1. The van der Waals surface area contributed by atoms with Crippen molar-refractivity contribution in [3.05, 3.63) is 20.8 Å². The molecule has 0 unspecified atom stereocenters. The van der Waals surface area contributed by atoms with Crippen molar-refractivity contribution in [2.45, 2.75) is 0 Å². The summed E-state index contributed by atoms with van der Waals surface area (Å²) in [6.07, 6.45) is 0. The average Bonchev–Trinajstić information content (AvgIpc) is 2.42. The molecule has 0 spiro atoms. The summed E-state index contributed by atoms with van der Waals surface area (Å²) in [6.45, 7) is 0. The van der Waals surface area contributed by atoms with Crippen molar-refractivity contribution < 1.29 is 0 Å². The first-order chi connectivity index (χ1) is 6.52. The number of aromatic amines is 1. The number of nitrogen functional groups attached to an aromatic ring is 1. The number of aryl methyl sites for hydroxylation is 1. The van der Waals surface area contributed by atoms with Crippen LogP contribution < -0.4 is 17.0 Å². The van der Waals surface area contributed by atoms with Gasteiger partial charge in [-0.2, -0.15) is 0 Å². The fourth-order valence-electron chi connectivity index (χ4n) is 1.24. The minimum Gasteiger partial charge on any atom is -0.369 e. The zero-order valence-electron chi connectivity index (χ0n) is 7.74. The summed E-state index contributed by atoms with van der Waals surface area (Å²) in [6, 6.07) is 0. The SMILES string of the molecule is Cn1c(=O)[nH]c2c(nc(N)n2C)c1=O. The van der Waals surface area contributed by atoms with Gasteiger partial charge in [0.1, 0.15) is 5.65 Å². The van der Waals surface area contributed by atoms with E-state index in [4.69, 9.17) is 5.73 Å². The van der Waals surface area contributed by atoms with E-state index in [1.54, 1.807) is 7.05 Å². The molecule has 0 aliphatic rings. The van der Waals surface area contributed by atoms with Crippen molar-refractivity contribution in [1.82, 2.24) is 19.1 Å². The third kappa shape index (κ3) is 0.889. The van der Waals surface area contributed by atoms with Crippen molar-refractivity contribution >= 4 is 17.1 Å². The van der Waals surface area contributed by atoms with Crippen LogP contribution in [-0.4, -0.2) is 19.1 Å². The molecule has 3 N–H and O–H groups in total. The lowest BCUT2D eigenvalue weighted by molar-refractivity contribution is 0.785. The Morgan fingerprint density at radius 2 is 1.93 bits per heavy atom. The highest BCUT2D eigenvalue weighted by molar-refractivity contribution is 5.72. The van der Waals surface area contributed by atoms with E-state index >= 15 is 0 Å². The Morgan fingerprint density at radius 3 is 2.57 bits per heavy atom. The molecule has 14 heavy (non-hydrogen) atoms. The Bertz CT molecular complexity index is 617. The molecule has 0 saturated carbocycles. The molecule has 0 radical (unpaired) electrons. The van der Waals surface area contributed by atoms with Crippen LogP contribution in [0.15, 0.2) is 9.59 Å². The largest absolute Gasteiger partial charge is 0.369 e. The highest BCUT2D eigenvalue weighted by atomic mass is 16.2. The van der Waals surface area contributed by atoms with Crippen LogP contribution in [-0.2, 0) is 14.1 Å². The van der Waals surface area contributed by atoms with E-state index in [0.29, 0.717) is 5.65 Å². The maximum Gasteiger partial charge on any atom is 0.329 e. The Morgan fingerprint density at radius 1 is 1.29 bits per heavy atom. The number of aromatic nitrogens is 4. The van der Waals surface area contributed by atoms with Crippen molar-refractivity contribution in [3.63, 3.8) is 0 Å². The predicted octanol–water partition coefficient (Wildman–Crippen LogP) is -1.46. The van der Waals surface area contributed by atoms with Gasteiger partial charge in [-0.05, 0) is 0 Å². The van der Waals surface area contributed by atoms with Gasteiger partial charge < -0.3 is 5.73 Å². The summed E-state index contributed by atoms with van der Waals surface area (Å²) in [5.41, 5.74) is 5.09. The van der Waals surface area contributed by atoms with Gasteiger partial charge in [-0.15, -0.1) is 0 Å². The van der Waals surface area contributed by atoms with Crippen LogP contribution in [0.3, 0.4) is 0 Å². The van der Waals surface area contributed by atoms with Crippen LogP contribution in [0.25, 0.3) is 11.2 Å². The average molecular weight is 195 g/mol. The predicted molar refractivity (Wildman–Crippen MR) is 51.0 cm³/mol. The zero-order chi connectivity index (χ0) is 10.5. The molecule has 0 atom stereocenters. The van der Waals surface area contributed by atoms with E-state index in [2.05, 4.69) is 9.97 Å². The lowest BCUT2D eigenvalue weighted by Crippen LogP contribution is -2.32. The summed E-state index contributed by atoms with van der Waals surface area (Å²) in [5.74, 6) is 0.193. The van der Waals surface area contributed by atoms with E-state index in [1.165, 1.54) is 11.6 Å². The second-order valence-corrected chi connectivity index (χ2v) is 3.02. The van der Waals surface area contributed by atoms with Crippen LogP contribution in [0.1, 0.15) is 0 Å². The Hall–Kier alpha value is -2.05. The molecule has 7 heteroatoms.